The number of ether oxygens (including phenoxy) is 1. The van der Waals surface area contributed by atoms with Crippen LogP contribution in [0.3, 0.4) is 0 Å². The molecule has 1 aliphatic rings. The molecule has 0 spiro atoms. The Hall–Kier alpha value is -1.63. The highest BCUT2D eigenvalue weighted by Crippen LogP contribution is 2.16. The molecule has 1 rings (SSSR count). The summed E-state index contributed by atoms with van der Waals surface area (Å²) in [4.78, 5) is 23.9. The maximum Gasteiger partial charge on any atom is 0.345 e. The molecule has 7 nitrogen and oxygen atoms in total. The van der Waals surface area contributed by atoms with Crippen LogP contribution in [0.2, 0.25) is 0 Å². The van der Waals surface area contributed by atoms with Gasteiger partial charge in [0.1, 0.15) is 19.7 Å². The smallest absolute Gasteiger partial charge is 0.345 e. The van der Waals surface area contributed by atoms with Gasteiger partial charge in [0, 0.05) is 13.3 Å². The molecule has 1 unspecified atom stereocenters. The number of carbonyl (C=O) groups is 2. The van der Waals surface area contributed by atoms with E-state index in [0.717, 1.165) is 25.1 Å². The van der Waals surface area contributed by atoms with E-state index in [4.69, 9.17) is 14.9 Å². The first-order valence-electron chi connectivity index (χ1n) is 10.4. The van der Waals surface area contributed by atoms with Crippen LogP contribution in [0.5, 0.6) is 0 Å². The van der Waals surface area contributed by atoms with Crippen molar-refractivity contribution < 1.29 is 29.1 Å². The molecule has 1 heterocycles. The first-order chi connectivity index (χ1) is 13.0. The molecule has 2 N–H and O–H groups in total. The Bertz CT molecular complexity index is 493. The largest absolute Gasteiger partial charge is 0.480 e. The molecule has 1 atom stereocenters. The molecule has 27 heavy (non-hydrogen) atoms. The van der Waals surface area contributed by atoms with E-state index in [-0.39, 0.29) is 19.4 Å². The molecule has 0 bridgehead atoms. The summed E-state index contributed by atoms with van der Waals surface area (Å²) in [5, 5.41) is 17.9. The Balaban J connectivity index is 2.44. The zero-order chi connectivity index (χ0) is 20.1. The highest BCUT2D eigenvalue weighted by atomic mass is 16.5. The number of rotatable bonds is 16. The molecule has 0 aromatic heterocycles. The van der Waals surface area contributed by atoms with E-state index >= 15 is 0 Å². The summed E-state index contributed by atoms with van der Waals surface area (Å²) in [5.41, 5.74) is 0. The van der Waals surface area contributed by atoms with Crippen molar-refractivity contribution in [3.63, 3.8) is 0 Å². The van der Waals surface area contributed by atoms with Crippen molar-refractivity contribution in [2.75, 3.05) is 26.2 Å². The van der Waals surface area contributed by atoms with Gasteiger partial charge < -0.3 is 14.9 Å². The Labute approximate surface area is 163 Å². The molecule has 0 aromatic rings. The van der Waals surface area contributed by atoms with Crippen LogP contribution in [-0.2, 0) is 14.3 Å². The summed E-state index contributed by atoms with van der Waals surface area (Å²) in [6.07, 6.45) is 11.6. The van der Waals surface area contributed by atoms with Crippen LogP contribution in [0.15, 0.2) is 0 Å². The normalized spacial score (nSPS) is 15.4. The van der Waals surface area contributed by atoms with Crippen LogP contribution in [0.4, 0.5) is 0 Å². The molecule has 156 valence electrons. The monoisotopic (exact) mass is 385 g/mol. The lowest BCUT2D eigenvalue weighted by Gasteiger charge is -2.20. The van der Waals surface area contributed by atoms with Crippen molar-refractivity contribution >= 4 is 17.8 Å². The quantitative estimate of drug-likeness (QED) is 0.313. The maximum atomic E-state index is 11.1. The third kappa shape index (κ3) is 9.75. The summed E-state index contributed by atoms with van der Waals surface area (Å²) in [6.45, 7) is 4.99. The van der Waals surface area contributed by atoms with Crippen LogP contribution in [-0.4, -0.2) is 69.9 Å². The maximum absolute atomic E-state index is 11.1. The van der Waals surface area contributed by atoms with Crippen molar-refractivity contribution in [1.29, 1.82) is 0 Å². The fourth-order valence-corrected chi connectivity index (χ4v) is 3.57. The summed E-state index contributed by atoms with van der Waals surface area (Å²) >= 11 is 0. The SMILES string of the molecule is CCCCCCCCCCCC1=[N+](CC(=O)O)CCN1C(C)OCC(=O)O. The first-order valence-corrected chi connectivity index (χ1v) is 10.4. The number of nitrogens with zero attached hydrogens (tertiary/aromatic N) is 2. The van der Waals surface area contributed by atoms with Gasteiger partial charge in [-0.25, -0.2) is 14.5 Å². The summed E-state index contributed by atoms with van der Waals surface area (Å²) < 4.78 is 7.28. The molecule has 0 amide bonds. The van der Waals surface area contributed by atoms with Crippen molar-refractivity contribution in [1.82, 2.24) is 4.90 Å². The number of hydrogen-bond acceptors (Lipinski definition) is 4. The molecular formula is C20H37N2O5+. The minimum absolute atomic E-state index is 0.0189. The van der Waals surface area contributed by atoms with E-state index in [1.54, 1.807) is 0 Å². The third-order valence-electron chi connectivity index (χ3n) is 5.02. The Morgan fingerprint density at radius 3 is 2.19 bits per heavy atom. The van der Waals surface area contributed by atoms with Crippen molar-refractivity contribution in [2.45, 2.75) is 84.3 Å². The van der Waals surface area contributed by atoms with Crippen molar-refractivity contribution in [2.24, 2.45) is 0 Å². The predicted octanol–water partition coefficient (Wildman–Crippen LogP) is 3.17. The molecule has 7 heteroatoms. The Morgan fingerprint density at radius 1 is 1.04 bits per heavy atom. The van der Waals surface area contributed by atoms with E-state index in [2.05, 4.69) is 6.92 Å². The zero-order valence-corrected chi connectivity index (χ0v) is 17.0. The highest BCUT2D eigenvalue weighted by Gasteiger charge is 2.35. The van der Waals surface area contributed by atoms with Gasteiger partial charge in [-0.3, -0.25) is 4.58 Å². The number of amidine groups is 1. The third-order valence-corrected chi connectivity index (χ3v) is 5.02. The standard InChI is InChI=1S/C20H36N2O5/c1-3-4-5-6-7-8-9-10-11-12-18-21(15-19(23)24)13-14-22(18)17(2)27-16-20(25)26/h17H,3-16H2,1-2H3,(H-,23,24,25,26)/p+1. The summed E-state index contributed by atoms with van der Waals surface area (Å²) in [7, 11) is 0. The lowest BCUT2D eigenvalue weighted by atomic mass is 10.1. The molecule has 0 radical (unpaired) electrons. The van der Waals surface area contributed by atoms with E-state index < -0.39 is 11.9 Å². The number of aliphatic carboxylic acids is 2. The number of carboxylic acid groups (broad SMARTS) is 2. The van der Waals surface area contributed by atoms with Gasteiger partial charge in [0.25, 0.3) is 0 Å². The van der Waals surface area contributed by atoms with Gasteiger partial charge in [0.05, 0.1) is 0 Å². The van der Waals surface area contributed by atoms with E-state index in [9.17, 15) is 9.59 Å². The van der Waals surface area contributed by atoms with Gasteiger partial charge >= 0.3 is 11.9 Å². The van der Waals surface area contributed by atoms with Gasteiger partial charge in [0.2, 0.25) is 5.84 Å². The van der Waals surface area contributed by atoms with Crippen molar-refractivity contribution in [3.8, 4) is 0 Å². The molecular weight excluding hydrogens is 348 g/mol. The number of carboxylic acids is 2. The Morgan fingerprint density at radius 2 is 1.63 bits per heavy atom. The van der Waals surface area contributed by atoms with Gasteiger partial charge in [0.15, 0.2) is 12.8 Å². The fourth-order valence-electron chi connectivity index (χ4n) is 3.57. The molecule has 0 saturated carbocycles. The van der Waals surface area contributed by atoms with E-state index in [1.165, 1.54) is 44.9 Å². The fraction of sp³-hybridized carbons (Fsp3) is 0.850. The van der Waals surface area contributed by atoms with Crippen molar-refractivity contribution in [3.05, 3.63) is 0 Å². The molecule has 0 saturated heterocycles. The lowest BCUT2D eigenvalue weighted by molar-refractivity contribution is -0.509. The molecule has 1 aliphatic heterocycles. The molecule has 0 aromatic carbocycles. The lowest BCUT2D eigenvalue weighted by Crippen LogP contribution is -2.40. The number of unbranched alkanes of at least 4 members (excludes halogenated alkanes) is 8. The van der Waals surface area contributed by atoms with Gasteiger partial charge in [-0.2, -0.15) is 0 Å². The predicted molar refractivity (Wildman–Crippen MR) is 104 cm³/mol. The molecule has 0 aliphatic carbocycles. The second-order valence-electron chi connectivity index (χ2n) is 7.31. The minimum atomic E-state index is -0.996. The molecule has 0 fully saturated rings. The first kappa shape index (κ1) is 23.4. The van der Waals surface area contributed by atoms with Gasteiger partial charge in [-0.05, 0) is 6.42 Å². The van der Waals surface area contributed by atoms with Crippen LogP contribution in [0.1, 0.15) is 78.1 Å². The Kier molecular flexibility index (Phi) is 11.7. The van der Waals surface area contributed by atoms with Crippen LogP contribution in [0.25, 0.3) is 0 Å². The van der Waals surface area contributed by atoms with E-state index in [0.29, 0.717) is 13.1 Å². The van der Waals surface area contributed by atoms with Crippen LogP contribution >= 0.6 is 0 Å². The summed E-state index contributed by atoms with van der Waals surface area (Å²) in [5.74, 6) is -0.873. The van der Waals surface area contributed by atoms with Gasteiger partial charge in [-0.15, -0.1) is 0 Å². The minimum Gasteiger partial charge on any atom is -0.480 e. The number of hydrogen-bond donors (Lipinski definition) is 2. The zero-order valence-electron chi connectivity index (χ0n) is 17.0. The average molecular weight is 386 g/mol. The second-order valence-corrected chi connectivity index (χ2v) is 7.31. The summed E-state index contributed by atoms with van der Waals surface area (Å²) in [6, 6.07) is 0. The van der Waals surface area contributed by atoms with Crippen LogP contribution < -0.4 is 0 Å². The highest BCUT2D eigenvalue weighted by molar-refractivity contribution is 5.80. The van der Waals surface area contributed by atoms with Crippen LogP contribution in [0, 0.1) is 0 Å². The topological polar surface area (TPSA) is 90.1 Å². The second kappa shape index (κ2) is 13.5. The van der Waals surface area contributed by atoms with E-state index in [1.807, 2.05) is 16.4 Å². The van der Waals surface area contributed by atoms with Gasteiger partial charge in [-0.1, -0.05) is 58.3 Å². The average Bonchev–Trinajstić information content (AvgIpc) is 3.00.